The topological polar surface area (TPSA) is 0 Å². The molecule has 0 aliphatic rings. The molecule has 0 aliphatic carbocycles. The maximum atomic E-state index is 12.0. The molecule has 0 spiro atoms. The predicted molar refractivity (Wildman–Crippen MR) is 53.4 cm³/mol. The van der Waals surface area contributed by atoms with Crippen molar-refractivity contribution in [3.63, 3.8) is 0 Å². The minimum absolute atomic E-state index is 0.104. The zero-order chi connectivity index (χ0) is 11.8. The summed E-state index contributed by atoms with van der Waals surface area (Å²) < 4.78 is 60.0. The molecule has 0 N–H and O–H groups in total. The van der Waals surface area contributed by atoms with Gasteiger partial charge in [0.25, 0.3) is 0 Å². The molecular weight excluding hydrogens is 259 g/mol. The first-order valence-corrected chi connectivity index (χ1v) is 6.04. The van der Waals surface area contributed by atoms with Crippen molar-refractivity contribution in [1.29, 1.82) is 0 Å². The molecule has 0 radical (unpaired) electrons. The van der Waals surface area contributed by atoms with Crippen molar-refractivity contribution in [2.75, 3.05) is 0 Å². The molecule has 0 aliphatic heterocycles. The van der Waals surface area contributed by atoms with E-state index in [1.807, 2.05) is 0 Å². The van der Waals surface area contributed by atoms with Gasteiger partial charge in [-0.3, -0.25) is 0 Å². The highest BCUT2D eigenvalue weighted by Gasteiger charge is 2.61. The molecular formula is C8H6ClF5S. The highest BCUT2D eigenvalue weighted by atomic mass is 35.5. The van der Waals surface area contributed by atoms with Crippen LogP contribution in [0.3, 0.4) is 0 Å². The zero-order valence-corrected chi connectivity index (χ0v) is 8.71. The van der Waals surface area contributed by atoms with Gasteiger partial charge in [0, 0.05) is 0 Å². The maximum Gasteiger partial charge on any atom is 0.305 e. The van der Waals surface area contributed by atoms with Crippen molar-refractivity contribution in [3.05, 3.63) is 41.3 Å². The average Bonchev–Trinajstić information content (AvgIpc) is 2.00. The Balaban J connectivity index is 3.18. The van der Waals surface area contributed by atoms with Crippen molar-refractivity contribution in [2.45, 2.75) is 0 Å². The van der Waals surface area contributed by atoms with E-state index in [-0.39, 0.29) is 5.56 Å². The Bertz CT molecular complexity index is 393. The van der Waals surface area contributed by atoms with Crippen LogP contribution in [0.15, 0.2) is 35.7 Å². The first-order valence-electron chi connectivity index (χ1n) is 3.65. The van der Waals surface area contributed by atoms with Crippen molar-refractivity contribution < 1.29 is 19.4 Å². The molecule has 0 bridgehead atoms. The first-order chi connectivity index (χ1) is 6.47. The van der Waals surface area contributed by atoms with Crippen molar-refractivity contribution in [1.82, 2.24) is 0 Å². The SMILES string of the molecule is FS(F)(F)(F)(F)C=C(Cl)c1ccccc1. The minimum Gasteiger partial charge on any atom is -0.0941 e. The maximum absolute atomic E-state index is 12.0. The highest BCUT2D eigenvalue weighted by Crippen LogP contribution is 2.99. The summed E-state index contributed by atoms with van der Waals surface area (Å²) in [5.74, 6) is 0. The number of halogens is 6. The van der Waals surface area contributed by atoms with E-state index in [2.05, 4.69) is 0 Å². The Morgan fingerprint density at radius 1 is 1.00 bits per heavy atom. The summed E-state index contributed by atoms with van der Waals surface area (Å²) in [6.07, 6.45) is 0. The van der Waals surface area contributed by atoms with Crippen LogP contribution in [0.2, 0.25) is 0 Å². The fraction of sp³-hybridized carbons (Fsp3) is 0. The molecule has 0 atom stereocenters. The molecule has 15 heavy (non-hydrogen) atoms. The molecule has 0 fully saturated rings. The summed E-state index contributed by atoms with van der Waals surface area (Å²) in [6, 6.07) is 6.76. The van der Waals surface area contributed by atoms with Gasteiger partial charge in [0.1, 0.15) is 0 Å². The van der Waals surface area contributed by atoms with Gasteiger partial charge in [-0.15, -0.1) is 0 Å². The Hall–Kier alpha value is -0.750. The van der Waals surface area contributed by atoms with Gasteiger partial charge < -0.3 is 0 Å². The molecule has 1 aromatic carbocycles. The van der Waals surface area contributed by atoms with Crippen LogP contribution in [-0.4, -0.2) is 0 Å². The Kier molecular flexibility index (Phi) is 2.37. The number of rotatable bonds is 2. The minimum atomic E-state index is -9.59. The molecule has 0 saturated carbocycles. The summed E-state index contributed by atoms with van der Waals surface area (Å²) in [4.78, 5) is 0. The molecule has 0 unspecified atom stereocenters. The van der Waals surface area contributed by atoms with Crippen molar-refractivity contribution in [2.24, 2.45) is 0 Å². The normalized spacial score (nSPS) is 18.1. The molecule has 7 heteroatoms. The monoisotopic (exact) mass is 264 g/mol. The second-order valence-corrected chi connectivity index (χ2v) is 5.56. The third kappa shape index (κ3) is 5.03. The van der Waals surface area contributed by atoms with E-state index >= 15 is 0 Å². The third-order valence-corrected chi connectivity index (χ3v) is 2.51. The molecule has 0 nitrogen and oxygen atoms in total. The summed E-state index contributed by atoms with van der Waals surface area (Å²) in [7, 11) is -9.59. The zero-order valence-electron chi connectivity index (χ0n) is 7.14. The quantitative estimate of drug-likeness (QED) is 0.617. The van der Waals surface area contributed by atoms with Crippen LogP contribution >= 0.6 is 21.8 Å². The molecule has 1 rings (SSSR count). The summed E-state index contributed by atoms with van der Waals surface area (Å²) in [6.45, 7) is 0. The Morgan fingerprint density at radius 3 is 1.87 bits per heavy atom. The molecule has 0 amide bonds. The van der Waals surface area contributed by atoms with Gasteiger partial charge in [-0.25, -0.2) is 0 Å². The lowest BCUT2D eigenvalue weighted by Crippen LogP contribution is -2.00. The lowest BCUT2D eigenvalue weighted by Gasteiger charge is -2.37. The largest absolute Gasteiger partial charge is 0.305 e. The van der Waals surface area contributed by atoms with Gasteiger partial charge in [0.05, 0.1) is 10.4 Å². The van der Waals surface area contributed by atoms with Crippen molar-refractivity contribution >= 4 is 26.9 Å². The summed E-state index contributed by atoms with van der Waals surface area (Å²) in [5.41, 5.74) is -0.104. The predicted octanol–water partition coefficient (Wildman–Crippen LogP) is 5.52. The van der Waals surface area contributed by atoms with Crippen LogP contribution in [0.5, 0.6) is 0 Å². The highest BCUT2D eigenvalue weighted by molar-refractivity contribution is 8.48. The van der Waals surface area contributed by atoms with Gasteiger partial charge in [-0.05, 0) is 5.56 Å². The van der Waals surface area contributed by atoms with E-state index < -0.39 is 20.7 Å². The van der Waals surface area contributed by atoms with Crippen LogP contribution < -0.4 is 0 Å². The number of hydrogen-bond donors (Lipinski definition) is 0. The fourth-order valence-electron chi connectivity index (χ4n) is 0.861. The third-order valence-electron chi connectivity index (χ3n) is 1.38. The standard InChI is InChI=1S/C8H6ClF5S/c9-8(6-15(10,11,12,13)14)7-4-2-1-3-5-7/h1-6H. The Morgan fingerprint density at radius 2 is 1.47 bits per heavy atom. The number of hydrogen-bond acceptors (Lipinski definition) is 0. The molecule has 0 saturated heterocycles. The van der Waals surface area contributed by atoms with Gasteiger partial charge >= 0.3 is 10.2 Å². The van der Waals surface area contributed by atoms with Gasteiger partial charge in [-0.2, -0.15) is 0 Å². The summed E-state index contributed by atoms with van der Waals surface area (Å²) in [5, 5.41) is -2.12. The van der Waals surface area contributed by atoms with E-state index in [0.29, 0.717) is 0 Å². The summed E-state index contributed by atoms with van der Waals surface area (Å²) >= 11 is 5.16. The lowest BCUT2D eigenvalue weighted by molar-refractivity contribution is 0.385. The van der Waals surface area contributed by atoms with Crippen LogP contribution in [0.25, 0.3) is 5.03 Å². The van der Waals surface area contributed by atoms with Gasteiger partial charge in [0.2, 0.25) is 0 Å². The fourth-order valence-corrected chi connectivity index (χ4v) is 2.02. The van der Waals surface area contributed by atoms with Crippen molar-refractivity contribution in [3.8, 4) is 0 Å². The second-order valence-electron chi connectivity index (χ2n) is 2.86. The second kappa shape index (κ2) is 2.89. The van der Waals surface area contributed by atoms with E-state index in [0.717, 1.165) is 0 Å². The molecule has 0 heterocycles. The average molecular weight is 265 g/mol. The van der Waals surface area contributed by atoms with E-state index in [1.54, 1.807) is 0 Å². The van der Waals surface area contributed by atoms with E-state index in [4.69, 9.17) is 11.6 Å². The first kappa shape index (κ1) is 12.3. The lowest BCUT2D eigenvalue weighted by atomic mass is 10.2. The van der Waals surface area contributed by atoms with Crippen LogP contribution in [-0.2, 0) is 0 Å². The molecule has 0 aromatic heterocycles. The van der Waals surface area contributed by atoms with Gasteiger partial charge in [0.15, 0.2) is 0 Å². The van der Waals surface area contributed by atoms with Crippen LogP contribution in [0.1, 0.15) is 5.56 Å². The molecule has 86 valence electrons. The van der Waals surface area contributed by atoms with E-state index in [1.165, 1.54) is 30.3 Å². The van der Waals surface area contributed by atoms with Crippen LogP contribution in [0.4, 0.5) is 19.4 Å². The molecule has 1 aromatic rings. The van der Waals surface area contributed by atoms with Gasteiger partial charge in [-0.1, -0.05) is 61.4 Å². The Labute approximate surface area is 88.1 Å². The van der Waals surface area contributed by atoms with Crippen LogP contribution in [0, 0.1) is 0 Å². The number of benzene rings is 1. The smallest absolute Gasteiger partial charge is 0.0941 e. The van der Waals surface area contributed by atoms with E-state index in [9.17, 15) is 19.4 Å².